The normalized spacial score (nSPS) is 28.6. The number of carbonyl (C=O) groups is 5. The lowest BCUT2D eigenvalue weighted by Gasteiger charge is -2.16. The Kier molecular flexibility index (Phi) is 45.3. The van der Waals surface area contributed by atoms with Crippen molar-refractivity contribution < 1.29 is 71.3 Å². The zero-order valence-electron chi connectivity index (χ0n) is 56.5. The lowest BCUT2D eigenvalue weighted by atomic mass is 9.94. The van der Waals surface area contributed by atoms with Crippen LogP contribution in [0.1, 0.15) is 252 Å². The summed E-state index contributed by atoms with van der Waals surface area (Å²) in [6.45, 7) is 35.2. The van der Waals surface area contributed by atoms with Gasteiger partial charge in [0.2, 0.25) is 0 Å². The van der Waals surface area contributed by atoms with Crippen molar-refractivity contribution in [3.8, 4) is 0 Å². The van der Waals surface area contributed by atoms with Crippen LogP contribution in [0.25, 0.3) is 0 Å². The predicted octanol–water partition coefficient (Wildman–Crippen LogP) is 16.3. The van der Waals surface area contributed by atoms with Gasteiger partial charge in [0.15, 0.2) is 34.0 Å². The Balaban J connectivity index is 0.000000526. The quantitative estimate of drug-likeness (QED) is 0.0262. The van der Waals surface area contributed by atoms with Gasteiger partial charge >= 0.3 is 29.8 Å². The fourth-order valence-electron chi connectivity index (χ4n) is 13.5. The summed E-state index contributed by atoms with van der Waals surface area (Å²) in [6.07, 6.45) is 25.2. The molecule has 15 nitrogen and oxygen atoms in total. The predicted molar refractivity (Wildman–Crippen MR) is 333 cm³/mol. The molecular formula is C69H128O15. The van der Waals surface area contributed by atoms with Gasteiger partial charge < -0.3 is 47.4 Å². The van der Waals surface area contributed by atoms with Gasteiger partial charge in [0.25, 0.3) is 0 Å². The minimum absolute atomic E-state index is 0.0469. The third-order valence-electron chi connectivity index (χ3n) is 19.1. The van der Waals surface area contributed by atoms with Gasteiger partial charge in [0.05, 0.1) is 49.4 Å². The number of unbranched alkanes of at least 4 members (excludes halogenated alkanes) is 1. The van der Waals surface area contributed by atoms with E-state index in [4.69, 9.17) is 47.4 Å². The number of esters is 5. The fraction of sp³-hybridized carbons (Fsp3) is 0.928. The Bertz CT molecular complexity index is 1690. The maximum atomic E-state index is 12.0. The van der Waals surface area contributed by atoms with Gasteiger partial charge in [-0.25, -0.2) is 0 Å². The van der Waals surface area contributed by atoms with Crippen molar-refractivity contribution in [2.24, 2.45) is 94.7 Å². The first-order chi connectivity index (χ1) is 40.5. The zero-order valence-corrected chi connectivity index (χ0v) is 56.5. The molecule has 0 heterocycles. The van der Waals surface area contributed by atoms with Crippen molar-refractivity contribution in [2.75, 3.05) is 67.5 Å². The van der Waals surface area contributed by atoms with Crippen LogP contribution in [0.3, 0.4) is 0 Å². The minimum atomic E-state index is -0.0698. The first kappa shape index (κ1) is 79.2. The highest BCUT2D eigenvalue weighted by Gasteiger charge is 2.42. The molecular weight excluding hydrogens is 1070 g/mol. The average molecular weight is 1200 g/mol. The number of carbonyl (C=O) groups excluding carboxylic acids is 5. The Labute approximate surface area is 512 Å². The van der Waals surface area contributed by atoms with Crippen LogP contribution >= 0.6 is 0 Å². The molecule has 494 valence electrons. The smallest absolute Gasteiger partial charge is 0.311 e. The van der Waals surface area contributed by atoms with Crippen molar-refractivity contribution in [1.82, 2.24) is 0 Å². The second kappa shape index (κ2) is 48.1. The molecule has 5 fully saturated rings. The number of ether oxygens (including phenoxy) is 10. The monoisotopic (exact) mass is 1200 g/mol. The van der Waals surface area contributed by atoms with Crippen molar-refractivity contribution in [1.29, 1.82) is 0 Å². The number of methoxy groups -OCH3 is 1. The lowest BCUT2D eigenvalue weighted by molar-refractivity contribution is -0.164. The highest BCUT2D eigenvalue weighted by atomic mass is 16.7. The van der Waals surface area contributed by atoms with E-state index in [1.54, 1.807) is 0 Å². The molecule has 0 aromatic rings. The van der Waals surface area contributed by atoms with E-state index in [0.717, 1.165) is 83.5 Å². The molecule has 0 amide bonds. The van der Waals surface area contributed by atoms with E-state index in [0.29, 0.717) is 91.5 Å². The second-order valence-electron chi connectivity index (χ2n) is 25.2. The molecule has 0 saturated heterocycles. The van der Waals surface area contributed by atoms with Crippen LogP contribution in [0.5, 0.6) is 0 Å². The molecule has 5 rings (SSSR count). The maximum absolute atomic E-state index is 12.0. The molecule has 0 N–H and O–H groups in total. The first-order valence-corrected chi connectivity index (χ1v) is 34.1. The minimum Gasteiger partial charge on any atom is -0.438 e. The van der Waals surface area contributed by atoms with Crippen LogP contribution in [0, 0.1) is 94.7 Å². The molecule has 0 radical (unpaired) electrons. The van der Waals surface area contributed by atoms with Gasteiger partial charge in [0.1, 0.15) is 0 Å². The SMILES string of the molecule is CCC1CC(CC)C(C(=O)OCOC)C1.CCC1CC(CC)C(C(=O)OCOCC(C)C)C1.CCCCOCOC(=O)C1CC(CC)CC1CC.CCCOCOC(=O)C1CC(CC)CC1CC.CCOCOC(=O)C1CC(CC)CC1CC. The summed E-state index contributed by atoms with van der Waals surface area (Å²) in [5.41, 5.74) is 0. The number of hydrogen-bond acceptors (Lipinski definition) is 15. The molecule has 15 heteroatoms. The molecule has 84 heavy (non-hydrogen) atoms. The van der Waals surface area contributed by atoms with Crippen molar-refractivity contribution in [2.45, 2.75) is 252 Å². The second-order valence-corrected chi connectivity index (χ2v) is 25.2. The summed E-state index contributed by atoms with van der Waals surface area (Å²) in [6, 6.07) is 0. The molecule has 5 aliphatic rings. The molecule has 0 spiro atoms. The molecule has 15 unspecified atom stereocenters. The van der Waals surface area contributed by atoms with Crippen molar-refractivity contribution >= 4 is 29.8 Å². The average Bonchev–Trinajstić information content (AvgIpc) is 4.57. The zero-order chi connectivity index (χ0) is 62.8. The van der Waals surface area contributed by atoms with Gasteiger partial charge in [-0.1, -0.05) is 168 Å². The first-order valence-electron chi connectivity index (χ1n) is 34.1. The van der Waals surface area contributed by atoms with Crippen LogP contribution in [0.15, 0.2) is 0 Å². The summed E-state index contributed by atoms with van der Waals surface area (Å²) in [7, 11) is 1.54. The van der Waals surface area contributed by atoms with Gasteiger partial charge in [-0.05, 0) is 149 Å². The topological polar surface area (TPSA) is 178 Å². The van der Waals surface area contributed by atoms with E-state index in [2.05, 4.69) is 90.0 Å². The molecule has 5 saturated carbocycles. The molecule has 15 atom stereocenters. The van der Waals surface area contributed by atoms with Gasteiger partial charge in [0, 0.05) is 13.7 Å². The van der Waals surface area contributed by atoms with Crippen LogP contribution in [-0.2, 0) is 71.3 Å². The highest BCUT2D eigenvalue weighted by molar-refractivity contribution is 5.75. The molecule has 0 aromatic heterocycles. The third kappa shape index (κ3) is 30.4. The summed E-state index contributed by atoms with van der Waals surface area (Å²) in [4.78, 5) is 59.5. The van der Waals surface area contributed by atoms with Gasteiger partial charge in [-0.3, -0.25) is 24.0 Å². The Hall–Kier alpha value is -2.85. The number of hydrogen-bond donors (Lipinski definition) is 0. The fourth-order valence-corrected chi connectivity index (χ4v) is 13.5. The molecule has 0 aromatic carbocycles. The summed E-state index contributed by atoms with van der Waals surface area (Å²) >= 11 is 0. The van der Waals surface area contributed by atoms with Crippen LogP contribution < -0.4 is 0 Å². The number of rotatable bonds is 33. The maximum Gasteiger partial charge on any atom is 0.311 e. The van der Waals surface area contributed by atoms with Crippen LogP contribution in [-0.4, -0.2) is 97.3 Å². The standard InChI is InChI=1S/2C15H28O3.C14H26O3.C13H24O3.C12H22O3/c1-5-12-7-13(6-2)14(8-12)15(16)18-10-17-9-11(3)4;1-4-7-8-17-11-18-15(16)14-10-12(5-2)9-13(14)6-3;1-4-7-16-10-17-14(15)13-9-11(5-2)8-12(13)6-3;1-4-10-7-11(5-2)12(8-10)13(14)16-9-15-6-3;1-4-9-6-10(5-2)11(7-9)12(13)15-8-14-3/h11-14H,5-10H2,1-4H3;12-14H,4-11H2,1-3H3;11-13H,4-10H2,1-3H3;10-12H,4-9H2,1-3H3;9-11H,4-8H2,1-3H3. The van der Waals surface area contributed by atoms with Crippen LogP contribution in [0.2, 0.25) is 0 Å². The molecule has 0 bridgehead atoms. The van der Waals surface area contributed by atoms with Crippen molar-refractivity contribution in [3.63, 3.8) is 0 Å². The molecule has 5 aliphatic carbocycles. The summed E-state index contributed by atoms with van der Waals surface area (Å²) in [5, 5.41) is 0. The highest BCUT2D eigenvalue weighted by Crippen LogP contribution is 2.44. The third-order valence-corrected chi connectivity index (χ3v) is 19.1. The Morgan fingerprint density at radius 1 is 0.333 bits per heavy atom. The summed E-state index contributed by atoms with van der Waals surface area (Å²) < 4.78 is 51.4. The van der Waals surface area contributed by atoms with Gasteiger partial charge in [-0.15, -0.1) is 0 Å². The van der Waals surface area contributed by atoms with E-state index < -0.39 is 0 Å². The van der Waals surface area contributed by atoms with E-state index in [-0.39, 0.29) is 93.4 Å². The largest absolute Gasteiger partial charge is 0.438 e. The summed E-state index contributed by atoms with van der Waals surface area (Å²) in [5.74, 6) is 6.79. The molecule has 0 aliphatic heterocycles. The van der Waals surface area contributed by atoms with E-state index in [1.807, 2.05) is 13.8 Å². The van der Waals surface area contributed by atoms with Crippen molar-refractivity contribution in [3.05, 3.63) is 0 Å². The lowest BCUT2D eigenvalue weighted by Crippen LogP contribution is -2.22. The van der Waals surface area contributed by atoms with E-state index in [1.165, 1.54) is 71.3 Å². The Morgan fingerprint density at radius 2 is 0.607 bits per heavy atom. The van der Waals surface area contributed by atoms with E-state index >= 15 is 0 Å². The van der Waals surface area contributed by atoms with Gasteiger partial charge in [-0.2, -0.15) is 0 Å². The van der Waals surface area contributed by atoms with E-state index in [9.17, 15) is 24.0 Å². The van der Waals surface area contributed by atoms with Crippen LogP contribution in [0.4, 0.5) is 0 Å². The Morgan fingerprint density at radius 3 is 0.845 bits per heavy atom.